The minimum Gasteiger partial charge on any atom is -0.352 e. The molecule has 0 aromatic heterocycles. The predicted molar refractivity (Wildman–Crippen MR) is 133 cm³/mol. The molecule has 1 aliphatic carbocycles. The van der Waals surface area contributed by atoms with Gasteiger partial charge < -0.3 is 10.2 Å². The fraction of sp³-hybridized carbons (Fsp3) is 0.440. The average Bonchev–Trinajstić information content (AvgIpc) is 2.78. The number of carbonyl (C=O) groups is 2. The minimum absolute atomic E-state index is 0.104. The summed E-state index contributed by atoms with van der Waals surface area (Å²) in [4.78, 5) is 28.9. The number of amides is 2. The fourth-order valence-corrected chi connectivity index (χ4v) is 5.10. The minimum atomic E-state index is -0.602. The smallest absolute Gasteiger partial charge is 0.242 e. The average molecular weight is 494 g/mol. The van der Waals surface area contributed by atoms with Crippen molar-refractivity contribution < 1.29 is 9.59 Å². The summed E-state index contributed by atoms with van der Waals surface area (Å²) in [6.45, 7) is 4.07. The van der Waals surface area contributed by atoms with Crippen molar-refractivity contribution in [1.29, 1.82) is 0 Å². The number of thioether (sulfide) groups is 1. The summed E-state index contributed by atoms with van der Waals surface area (Å²) in [6, 6.07) is 12.9. The topological polar surface area (TPSA) is 49.4 Å². The number of aryl methyl sites for hydroxylation is 1. The number of nitrogens with zero attached hydrogens (tertiary/aromatic N) is 1. The van der Waals surface area contributed by atoms with Crippen LogP contribution < -0.4 is 5.32 Å². The zero-order valence-corrected chi connectivity index (χ0v) is 20.9. The number of halogens is 2. The maximum absolute atomic E-state index is 13.3. The van der Waals surface area contributed by atoms with E-state index in [0.717, 1.165) is 36.1 Å². The molecule has 0 heterocycles. The van der Waals surface area contributed by atoms with E-state index in [-0.39, 0.29) is 30.2 Å². The first kappa shape index (κ1) is 24.9. The van der Waals surface area contributed by atoms with Gasteiger partial charge in [-0.15, -0.1) is 11.8 Å². The summed E-state index contributed by atoms with van der Waals surface area (Å²) in [7, 11) is 0. The van der Waals surface area contributed by atoms with E-state index in [1.807, 2.05) is 37.3 Å². The summed E-state index contributed by atoms with van der Waals surface area (Å²) in [5, 5.41) is 4.17. The number of hydrogen-bond donors (Lipinski definition) is 1. The molecule has 0 radical (unpaired) electrons. The molecule has 7 heteroatoms. The summed E-state index contributed by atoms with van der Waals surface area (Å²) < 4.78 is 0. The summed E-state index contributed by atoms with van der Waals surface area (Å²) >= 11 is 13.9. The number of hydrogen-bond acceptors (Lipinski definition) is 3. The van der Waals surface area contributed by atoms with Crippen LogP contribution in [0.2, 0.25) is 10.0 Å². The van der Waals surface area contributed by atoms with Gasteiger partial charge >= 0.3 is 0 Å². The largest absolute Gasteiger partial charge is 0.352 e. The molecule has 1 atom stereocenters. The highest BCUT2D eigenvalue weighted by Gasteiger charge is 2.28. The van der Waals surface area contributed by atoms with Crippen LogP contribution in [0.5, 0.6) is 0 Å². The Kier molecular flexibility index (Phi) is 9.33. The quantitative estimate of drug-likeness (QED) is 0.442. The van der Waals surface area contributed by atoms with E-state index >= 15 is 0 Å². The van der Waals surface area contributed by atoms with Gasteiger partial charge in [0.15, 0.2) is 0 Å². The van der Waals surface area contributed by atoms with Crippen LogP contribution in [0.15, 0.2) is 47.4 Å². The molecular formula is C25H30Cl2N2O2S. The van der Waals surface area contributed by atoms with Gasteiger partial charge in [-0.3, -0.25) is 9.59 Å². The van der Waals surface area contributed by atoms with E-state index in [9.17, 15) is 9.59 Å². The van der Waals surface area contributed by atoms with Crippen molar-refractivity contribution >= 4 is 46.8 Å². The Morgan fingerprint density at radius 3 is 2.44 bits per heavy atom. The Labute approximate surface area is 205 Å². The number of carbonyl (C=O) groups excluding carboxylic acids is 2. The Morgan fingerprint density at radius 1 is 1.09 bits per heavy atom. The lowest BCUT2D eigenvalue weighted by Crippen LogP contribution is -2.50. The van der Waals surface area contributed by atoms with Crippen LogP contribution in [0.25, 0.3) is 0 Å². The highest BCUT2D eigenvalue weighted by Crippen LogP contribution is 2.25. The van der Waals surface area contributed by atoms with Crippen molar-refractivity contribution in [3.05, 3.63) is 63.6 Å². The molecule has 0 saturated heterocycles. The molecule has 32 heavy (non-hydrogen) atoms. The van der Waals surface area contributed by atoms with E-state index in [1.54, 1.807) is 24.0 Å². The van der Waals surface area contributed by atoms with Crippen LogP contribution in [-0.4, -0.2) is 34.6 Å². The van der Waals surface area contributed by atoms with Crippen LogP contribution in [0.4, 0.5) is 0 Å². The lowest BCUT2D eigenvalue weighted by molar-refractivity contribution is -0.139. The highest BCUT2D eigenvalue weighted by molar-refractivity contribution is 8.00. The van der Waals surface area contributed by atoms with Gasteiger partial charge in [-0.2, -0.15) is 0 Å². The van der Waals surface area contributed by atoms with Gasteiger partial charge in [0.05, 0.1) is 5.75 Å². The molecule has 0 aliphatic heterocycles. The van der Waals surface area contributed by atoms with Gasteiger partial charge in [0.25, 0.3) is 0 Å². The summed E-state index contributed by atoms with van der Waals surface area (Å²) in [6.07, 6.45) is 5.49. The third-order valence-corrected chi connectivity index (χ3v) is 7.44. The number of nitrogens with one attached hydrogen (secondary N) is 1. The molecule has 1 aliphatic rings. The third-order valence-electron chi connectivity index (χ3n) is 5.86. The molecule has 172 valence electrons. The molecule has 1 fully saturated rings. The molecule has 3 rings (SSSR count). The van der Waals surface area contributed by atoms with Crippen molar-refractivity contribution in [2.45, 2.75) is 69.5 Å². The van der Waals surface area contributed by atoms with Gasteiger partial charge in [-0.05, 0) is 56.5 Å². The molecule has 4 nitrogen and oxygen atoms in total. The molecular weight excluding hydrogens is 463 g/mol. The van der Waals surface area contributed by atoms with Gasteiger partial charge in [0.2, 0.25) is 11.8 Å². The van der Waals surface area contributed by atoms with Gasteiger partial charge in [-0.25, -0.2) is 0 Å². The summed E-state index contributed by atoms with van der Waals surface area (Å²) in [5.74, 6) is 0.0264. The van der Waals surface area contributed by atoms with Crippen molar-refractivity contribution in [1.82, 2.24) is 10.2 Å². The fourth-order valence-electron chi connectivity index (χ4n) is 3.85. The van der Waals surface area contributed by atoms with Crippen molar-refractivity contribution in [3.8, 4) is 0 Å². The SMILES string of the molecule is Cc1ccc(SCC(=O)N(Cc2ccc(Cl)cc2Cl)[C@@H](C)C(=O)NC2CCCCC2)cc1. The van der Waals surface area contributed by atoms with Gasteiger partial charge in [0, 0.05) is 27.5 Å². The lowest BCUT2D eigenvalue weighted by Gasteiger charge is -2.31. The first-order chi connectivity index (χ1) is 15.3. The Bertz CT molecular complexity index is 930. The Hall–Kier alpha value is -1.69. The molecule has 0 unspecified atom stereocenters. The van der Waals surface area contributed by atoms with Crippen molar-refractivity contribution in [2.75, 3.05) is 5.75 Å². The van der Waals surface area contributed by atoms with Gasteiger partial charge in [0.1, 0.15) is 6.04 Å². The van der Waals surface area contributed by atoms with Crippen LogP contribution in [0.3, 0.4) is 0 Å². The second-order valence-corrected chi connectivity index (χ2v) is 10.3. The number of rotatable bonds is 8. The second kappa shape index (κ2) is 12.0. The van der Waals surface area contributed by atoms with E-state index in [4.69, 9.17) is 23.2 Å². The molecule has 1 saturated carbocycles. The molecule has 0 bridgehead atoms. The zero-order chi connectivity index (χ0) is 23.1. The maximum Gasteiger partial charge on any atom is 0.242 e. The van der Waals surface area contributed by atoms with Crippen LogP contribution in [0, 0.1) is 6.92 Å². The van der Waals surface area contributed by atoms with Crippen molar-refractivity contribution in [3.63, 3.8) is 0 Å². The molecule has 2 amide bonds. The van der Waals surface area contributed by atoms with Crippen LogP contribution >= 0.6 is 35.0 Å². The monoisotopic (exact) mass is 492 g/mol. The van der Waals surface area contributed by atoms with E-state index in [0.29, 0.717) is 10.0 Å². The van der Waals surface area contributed by atoms with E-state index in [1.165, 1.54) is 23.7 Å². The predicted octanol–water partition coefficient (Wildman–Crippen LogP) is 6.26. The van der Waals surface area contributed by atoms with E-state index < -0.39 is 6.04 Å². The molecule has 2 aromatic carbocycles. The molecule has 1 N–H and O–H groups in total. The van der Waals surface area contributed by atoms with E-state index in [2.05, 4.69) is 5.32 Å². The summed E-state index contributed by atoms with van der Waals surface area (Å²) in [5.41, 5.74) is 1.94. The zero-order valence-electron chi connectivity index (χ0n) is 18.6. The number of benzene rings is 2. The lowest BCUT2D eigenvalue weighted by atomic mass is 9.95. The first-order valence-electron chi connectivity index (χ1n) is 11.1. The van der Waals surface area contributed by atoms with Crippen LogP contribution in [-0.2, 0) is 16.1 Å². The van der Waals surface area contributed by atoms with Gasteiger partial charge in [-0.1, -0.05) is 66.2 Å². The van der Waals surface area contributed by atoms with Crippen LogP contribution in [0.1, 0.15) is 50.2 Å². The standard InChI is InChI=1S/C25H30Cl2N2O2S/c1-17-8-12-22(13-9-17)32-16-24(30)29(15-19-10-11-20(26)14-23(19)27)18(2)25(31)28-21-6-4-3-5-7-21/h8-14,18,21H,3-7,15-16H2,1-2H3,(H,28,31)/t18-/m0/s1. The molecule has 2 aromatic rings. The highest BCUT2D eigenvalue weighted by atomic mass is 35.5. The Balaban J connectivity index is 1.73. The van der Waals surface area contributed by atoms with Crippen molar-refractivity contribution in [2.24, 2.45) is 0 Å². The Morgan fingerprint density at radius 2 is 1.78 bits per heavy atom. The second-order valence-electron chi connectivity index (χ2n) is 8.38. The molecule has 0 spiro atoms. The third kappa shape index (κ3) is 7.16. The normalized spacial score (nSPS) is 15.2. The first-order valence-corrected chi connectivity index (χ1v) is 12.8. The maximum atomic E-state index is 13.3.